The standard InChI is InChI=1S/C13H15NO5/c15-13(16)11-6-5-10(7-12(11)14(17)18)19-8-9-3-1-2-4-9/h5-7,9H,1-4,8H2,(H,15,16). The second-order valence-corrected chi connectivity index (χ2v) is 4.70. The van der Waals surface area contributed by atoms with E-state index in [1.54, 1.807) is 0 Å². The molecule has 0 radical (unpaired) electrons. The first-order valence-corrected chi connectivity index (χ1v) is 6.22. The molecule has 1 aliphatic rings. The summed E-state index contributed by atoms with van der Waals surface area (Å²) in [5, 5.41) is 19.7. The molecule has 1 fully saturated rings. The summed E-state index contributed by atoms with van der Waals surface area (Å²) in [4.78, 5) is 21.0. The number of hydrogen-bond acceptors (Lipinski definition) is 4. The molecule has 1 N–H and O–H groups in total. The molecule has 1 saturated carbocycles. The van der Waals surface area contributed by atoms with Gasteiger partial charge in [-0.3, -0.25) is 10.1 Å². The second-order valence-electron chi connectivity index (χ2n) is 4.70. The average Bonchev–Trinajstić information content (AvgIpc) is 2.88. The molecule has 19 heavy (non-hydrogen) atoms. The molecule has 0 unspecified atom stereocenters. The fourth-order valence-corrected chi connectivity index (χ4v) is 2.32. The molecule has 6 nitrogen and oxygen atoms in total. The summed E-state index contributed by atoms with van der Waals surface area (Å²) >= 11 is 0. The molecule has 6 heteroatoms. The molecule has 0 aromatic heterocycles. The first kappa shape index (κ1) is 13.3. The van der Waals surface area contributed by atoms with E-state index in [1.165, 1.54) is 31.0 Å². The Bertz CT molecular complexity index is 494. The van der Waals surface area contributed by atoms with E-state index in [1.807, 2.05) is 0 Å². The van der Waals surface area contributed by atoms with Gasteiger partial charge in [0, 0.05) is 0 Å². The minimum Gasteiger partial charge on any atom is -0.493 e. The molecule has 1 aromatic carbocycles. The van der Waals surface area contributed by atoms with Gasteiger partial charge in [0.25, 0.3) is 5.69 Å². The molecule has 1 aromatic rings. The van der Waals surface area contributed by atoms with Gasteiger partial charge in [-0.25, -0.2) is 4.79 Å². The first-order chi connectivity index (χ1) is 9.08. The normalized spacial score (nSPS) is 15.4. The summed E-state index contributed by atoms with van der Waals surface area (Å²) in [6.45, 7) is 0.531. The number of nitro groups is 1. The summed E-state index contributed by atoms with van der Waals surface area (Å²) in [7, 11) is 0. The van der Waals surface area contributed by atoms with Crippen LogP contribution in [0.2, 0.25) is 0 Å². The van der Waals surface area contributed by atoms with Crippen molar-refractivity contribution in [3.63, 3.8) is 0 Å². The van der Waals surface area contributed by atoms with Gasteiger partial charge in [0.1, 0.15) is 11.3 Å². The van der Waals surface area contributed by atoms with Gasteiger partial charge in [-0.1, -0.05) is 12.8 Å². The van der Waals surface area contributed by atoms with Gasteiger partial charge in [-0.05, 0) is 30.9 Å². The van der Waals surface area contributed by atoms with Crippen LogP contribution in [0.5, 0.6) is 5.75 Å². The van der Waals surface area contributed by atoms with Crippen molar-refractivity contribution < 1.29 is 19.6 Å². The summed E-state index contributed by atoms with van der Waals surface area (Å²) in [6, 6.07) is 3.86. The lowest BCUT2D eigenvalue weighted by Crippen LogP contribution is -2.09. The van der Waals surface area contributed by atoms with Gasteiger partial charge in [0.05, 0.1) is 17.6 Å². The third kappa shape index (κ3) is 3.21. The van der Waals surface area contributed by atoms with E-state index < -0.39 is 16.6 Å². The molecule has 0 spiro atoms. The van der Waals surface area contributed by atoms with Crippen molar-refractivity contribution in [1.29, 1.82) is 0 Å². The van der Waals surface area contributed by atoms with Crippen molar-refractivity contribution in [2.45, 2.75) is 25.7 Å². The van der Waals surface area contributed by atoms with Crippen LogP contribution < -0.4 is 4.74 Å². The first-order valence-electron chi connectivity index (χ1n) is 6.22. The molecule has 0 heterocycles. The van der Waals surface area contributed by atoms with Crippen LogP contribution in [-0.2, 0) is 0 Å². The highest BCUT2D eigenvalue weighted by Gasteiger charge is 2.21. The maximum absolute atomic E-state index is 10.9. The zero-order valence-electron chi connectivity index (χ0n) is 10.4. The number of carboxylic acid groups (broad SMARTS) is 1. The molecule has 0 atom stereocenters. The third-order valence-corrected chi connectivity index (χ3v) is 3.36. The van der Waals surface area contributed by atoms with Gasteiger partial charge in [0.2, 0.25) is 0 Å². The molecular formula is C13H15NO5. The zero-order valence-corrected chi connectivity index (χ0v) is 10.4. The number of aromatic carboxylic acids is 1. The Morgan fingerprint density at radius 3 is 2.68 bits per heavy atom. The van der Waals surface area contributed by atoms with Crippen LogP contribution in [0.3, 0.4) is 0 Å². The maximum atomic E-state index is 10.9. The number of nitrogens with zero attached hydrogens (tertiary/aromatic N) is 1. The number of carboxylic acids is 1. The number of rotatable bonds is 5. The molecule has 2 rings (SSSR count). The van der Waals surface area contributed by atoms with E-state index in [0.717, 1.165) is 12.8 Å². The maximum Gasteiger partial charge on any atom is 0.342 e. The van der Waals surface area contributed by atoms with E-state index >= 15 is 0 Å². The number of ether oxygens (including phenoxy) is 1. The summed E-state index contributed by atoms with van der Waals surface area (Å²) in [5.74, 6) is -0.462. The number of carbonyl (C=O) groups is 1. The summed E-state index contributed by atoms with van der Waals surface area (Å²) in [5.41, 5.74) is -0.755. The van der Waals surface area contributed by atoms with Crippen LogP contribution in [0.4, 0.5) is 5.69 Å². The Hall–Kier alpha value is -2.11. The summed E-state index contributed by atoms with van der Waals surface area (Å²) < 4.78 is 5.52. The van der Waals surface area contributed by atoms with Crippen molar-refractivity contribution in [2.24, 2.45) is 5.92 Å². The van der Waals surface area contributed by atoms with E-state index in [9.17, 15) is 14.9 Å². The second kappa shape index (κ2) is 5.69. The Labute approximate surface area is 110 Å². The van der Waals surface area contributed by atoms with E-state index in [0.29, 0.717) is 18.3 Å². The van der Waals surface area contributed by atoms with Crippen LogP contribution in [0.15, 0.2) is 18.2 Å². The molecule has 0 amide bonds. The van der Waals surface area contributed by atoms with Gasteiger partial charge in [-0.15, -0.1) is 0 Å². The minimum atomic E-state index is -1.31. The number of benzene rings is 1. The lowest BCUT2D eigenvalue weighted by molar-refractivity contribution is -0.385. The van der Waals surface area contributed by atoms with Crippen LogP contribution in [0, 0.1) is 16.0 Å². The van der Waals surface area contributed by atoms with Crippen LogP contribution in [-0.4, -0.2) is 22.6 Å². The lowest BCUT2D eigenvalue weighted by Gasteiger charge is -2.11. The largest absolute Gasteiger partial charge is 0.493 e. The molecule has 1 aliphatic carbocycles. The summed E-state index contributed by atoms with van der Waals surface area (Å²) in [6.07, 6.45) is 4.64. The van der Waals surface area contributed by atoms with Crippen molar-refractivity contribution in [3.8, 4) is 5.75 Å². The van der Waals surface area contributed by atoms with Crippen molar-refractivity contribution >= 4 is 11.7 Å². The quantitative estimate of drug-likeness (QED) is 0.653. The highest BCUT2D eigenvalue weighted by atomic mass is 16.6. The number of nitro benzene ring substituents is 1. The Balaban J connectivity index is 2.11. The van der Waals surface area contributed by atoms with Gasteiger partial charge in [0.15, 0.2) is 0 Å². The minimum absolute atomic E-state index is 0.321. The molecule has 102 valence electrons. The van der Waals surface area contributed by atoms with E-state index in [-0.39, 0.29) is 5.56 Å². The van der Waals surface area contributed by atoms with E-state index in [4.69, 9.17) is 9.84 Å². The predicted octanol–water partition coefficient (Wildman–Crippen LogP) is 2.86. The van der Waals surface area contributed by atoms with E-state index in [2.05, 4.69) is 0 Å². The SMILES string of the molecule is O=C(O)c1ccc(OCC2CCCC2)cc1[N+](=O)[O-]. The monoisotopic (exact) mass is 265 g/mol. The smallest absolute Gasteiger partial charge is 0.342 e. The zero-order chi connectivity index (χ0) is 13.8. The van der Waals surface area contributed by atoms with Gasteiger partial charge < -0.3 is 9.84 Å². The lowest BCUT2D eigenvalue weighted by atomic mass is 10.1. The predicted molar refractivity (Wildman–Crippen MR) is 67.5 cm³/mol. The molecule has 0 bridgehead atoms. The van der Waals surface area contributed by atoms with Gasteiger partial charge in [-0.2, -0.15) is 0 Å². The van der Waals surface area contributed by atoms with Gasteiger partial charge >= 0.3 is 5.97 Å². The molecule has 0 aliphatic heterocycles. The topological polar surface area (TPSA) is 89.7 Å². The van der Waals surface area contributed by atoms with Crippen LogP contribution in [0.25, 0.3) is 0 Å². The Morgan fingerprint density at radius 2 is 2.11 bits per heavy atom. The fraction of sp³-hybridized carbons (Fsp3) is 0.462. The number of hydrogen-bond donors (Lipinski definition) is 1. The molecule has 0 saturated heterocycles. The van der Waals surface area contributed by atoms with Crippen molar-refractivity contribution in [1.82, 2.24) is 0 Å². The highest BCUT2D eigenvalue weighted by Crippen LogP contribution is 2.28. The van der Waals surface area contributed by atoms with Crippen LogP contribution in [0.1, 0.15) is 36.0 Å². The Kier molecular flexibility index (Phi) is 3.99. The average molecular weight is 265 g/mol. The fourth-order valence-electron chi connectivity index (χ4n) is 2.32. The molecular weight excluding hydrogens is 250 g/mol. The highest BCUT2D eigenvalue weighted by molar-refractivity contribution is 5.92. The third-order valence-electron chi connectivity index (χ3n) is 3.36. The Morgan fingerprint density at radius 1 is 1.42 bits per heavy atom. The van der Waals surface area contributed by atoms with Crippen LogP contribution >= 0.6 is 0 Å². The van der Waals surface area contributed by atoms with Crippen molar-refractivity contribution in [2.75, 3.05) is 6.61 Å². The van der Waals surface area contributed by atoms with Crippen molar-refractivity contribution in [3.05, 3.63) is 33.9 Å².